The molecule has 0 N–H and O–H groups in total. The molecule has 0 fully saturated rings. The summed E-state index contributed by atoms with van der Waals surface area (Å²) in [5.74, 6) is 0.272. The molecule has 0 radical (unpaired) electrons. The number of hydrogen-bond donors (Lipinski definition) is 0. The number of allylic oxidation sites excluding steroid dienone is 3. The molecule has 23 heavy (non-hydrogen) atoms. The maximum absolute atomic E-state index is 5.69. The van der Waals surface area contributed by atoms with Crippen LogP contribution in [0.25, 0.3) is 0 Å². The van der Waals surface area contributed by atoms with Crippen LogP contribution in [0, 0.1) is 0 Å². The van der Waals surface area contributed by atoms with E-state index in [4.69, 9.17) is 4.74 Å². The molecular formula is C21H23BrO. The molecule has 1 nitrogen and oxygen atoms in total. The number of ether oxygens (including phenoxy) is 1. The highest BCUT2D eigenvalue weighted by Gasteiger charge is 2.02. The smallest absolute Gasteiger partial charge is 0.0716 e. The number of unbranched alkanes of at least 4 members (excludes halogenated alkanes) is 1. The second-order valence-electron chi connectivity index (χ2n) is 5.42. The van der Waals surface area contributed by atoms with Crippen LogP contribution in [0.5, 0.6) is 0 Å². The fraction of sp³-hybridized carbons (Fsp3) is 0.238. The van der Waals surface area contributed by atoms with Crippen molar-refractivity contribution >= 4 is 15.9 Å². The van der Waals surface area contributed by atoms with Gasteiger partial charge in [0.1, 0.15) is 0 Å². The van der Waals surface area contributed by atoms with Gasteiger partial charge in [0.2, 0.25) is 0 Å². The van der Waals surface area contributed by atoms with Crippen molar-refractivity contribution in [2.75, 3.05) is 6.61 Å². The summed E-state index contributed by atoms with van der Waals surface area (Å²) in [6.07, 6.45) is 8.47. The molecule has 0 amide bonds. The van der Waals surface area contributed by atoms with Crippen LogP contribution in [0.4, 0.5) is 0 Å². The Bertz CT molecular complexity index is 601. The first-order valence-electron chi connectivity index (χ1n) is 7.96. The monoisotopic (exact) mass is 370 g/mol. The summed E-state index contributed by atoms with van der Waals surface area (Å²) in [6.45, 7) is 5.42. The maximum Gasteiger partial charge on any atom is 0.0716 e. The maximum atomic E-state index is 5.69. The van der Waals surface area contributed by atoms with Crippen LogP contribution in [-0.2, 0) is 11.3 Å². The largest absolute Gasteiger partial charge is 0.377 e. The first-order chi connectivity index (χ1) is 11.3. The van der Waals surface area contributed by atoms with Gasteiger partial charge in [-0.2, -0.15) is 0 Å². The van der Waals surface area contributed by atoms with Crippen molar-refractivity contribution in [3.63, 3.8) is 0 Å². The molecule has 0 aliphatic rings. The molecule has 0 saturated heterocycles. The zero-order chi connectivity index (χ0) is 16.3. The zero-order valence-corrected chi connectivity index (χ0v) is 14.9. The molecule has 2 heteroatoms. The highest BCUT2D eigenvalue weighted by molar-refractivity contribution is 9.10. The molecule has 0 bridgehead atoms. The fourth-order valence-electron chi connectivity index (χ4n) is 2.32. The molecule has 120 valence electrons. The molecule has 2 aromatic carbocycles. The van der Waals surface area contributed by atoms with Gasteiger partial charge < -0.3 is 4.74 Å². The third-order valence-corrected chi connectivity index (χ3v) is 4.15. The van der Waals surface area contributed by atoms with E-state index < -0.39 is 0 Å². The molecule has 2 aromatic rings. The molecule has 0 aliphatic carbocycles. The van der Waals surface area contributed by atoms with Gasteiger partial charge in [0, 0.05) is 17.0 Å². The standard InChI is InChI=1S/C21H23BrO/c1-2-19(20-12-14-21(22)15-13-20)11-7-4-8-16-23-17-18-9-5-3-6-10-18/h2-3,5-7,9-15,19H,1,4,8,16-17H2/b11-7+/t19-/m1/s1. The predicted molar refractivity (Wildman–Crippen MR) is 102 cm³/mol. The van der Waals surface area contributed by atoms with E-state index in [2.05, 4.69) is 71.1 Å². The van der Waals surface area contributed by atoms with Gasteiger partial charge in [-0.05, 0) is 36.1 Å². The third-order valence-electron chi connectivity index (χ3n) is 3.62. The van der Waals surface area contributed by atoms with E-state index in [1.165, 1.54) is 11.1 Å². The molecule has 0 aliphatic heterocycles. The van der Waals surface area contributed by atoms with E-state index in [1.54, 1.807) is 0 Å². The van der Waals surface area contributed by atoms with Gasteiger partial charge in [0.25, 0.3) is 0 Å². The van der Waals surface area contributed by atoms with E-state index in [9.17, 15) is 0 Å². The topological polar surface area (TPSA) is 9.23 Å². The summed E-state index contributed by atoms with van der Waals surface area (Å²) < 4.78 is 6.79. The molecule has 0 heterocycles. The second-order valence-corrected chi connectivity index (χ2v) is 6.34. The number of hydrogen-bond acceptors (Lipinski definition) is 1. The summed E-state index contributed by atoms with van der Waals surface area (Å²) in [4.78, 5) is 0. The minimum absolute atomic E-state index is 0.272. The molecular weight excluding hydrogens is 348 g/mol. The number of rotatable bonds is 9. The molecule has 0 spiro atoms. The van der Waals surface area contributed by atoms with Gasteiger partial charge in [0.05, 0.1) is 6.61 Å². The van der Waals surface area contributed by atoms with Crippen molar-refractivity contribution in [3.05, 3.63) is 95.0 Å². The lowest BCUT2D eigenvalue weighted by atomic mass is 9.98. The van der Waals surface area contributed by atoms with Gasteiger partial charge in [-0.3, -0.25) is 0 Å². The van der Waals surface area contributed by atoms with Crippen LogP contribution in [0.1, 0.15) is 29.9 Å². The average Bonchev–Trinajstić information content (AvgIpc) is 2.59. The Labute approximate surface area is 147 Å². The lowest BCUT2D eigenvalue weighted by Crippen LogP contribution is -1.95. The molecule has 2 rings (SSSR count). The third kappa shape index (κ3) is 6.55. The van der Waals surface area contributed by atoms with Crippen molar-refractivity contribution in [2.24, 2.45) is 0 Å². The van der Waals surface area contributed by atoms with Crippen LogP contribution in [0.3, 0.4) is 0 Å². The molecule has 1 atom stereocenters. The Kier molecular flexibility index (Phi) is 7.85. The summed E-state index contributed by atoms with van der Waals surface area (Å²) >= 11 is 3.46. The number of halogens is 1. The Hall–Kier alpha value is -1.64. The van der Waals surface area contributed by atoms with Gasteiger partial charge in [-0.15, -0.1) is 6.58 Å². The SMILES string of the molecule is C=C[C@H](/C=C/CCCOCc1ccccc1)c1ccc(Br)cc1. The number of benzene rings is 2. The lowest BCUT2D eigenvalue weighted by molar-refractivity contribution is 0.119. The van der Waals surface area contributed by atoms with Gasteiger partial charge in [-0.1, -0.05) is 76.6 Å². The zero-order valence-electron chi connectivity index (χ0n) is 13.3. The van der Waals surface area contributed by atoms with Crippen molar-refractivity contribution < 1.29 is 4.74 Å². The van der Waals surface area contributed by atoms with Crippen molar-refractivity contribution in [1.29, 1.82) is 0 Å². The van der Waals surface area contributed by atoms with E-state index in [-0.39, 0.29) is 5.92 Å². The van der Waals surface area contributed by atoms with Crippen LogP contribution in [0.15, 0.2) is 83.9 Å². The Morgan fingerprint density at radius 1 is 1.04 bits per heavy atom. The van der Waals surface area contributed by atoms with Gasteiger partial charge in [0.15, 0.2) is 0 Å². The summed E-state index contributed by atoms with van der Waals surface area (Å²) in [5.41, 5.74) is 2.49. The minimum Gasteiger partial charge on any atom is -0.377 e. The molecule has 0 unspecified atom stereocenters. The van der Waals surface area contributed by atoms with E-state index >= 15 is 0 Å². The van der Waals surface area contributed by atoms with E-state index in [0.29, 0.717) is 6.61 Å². The Morgan fingerprint density at radius 3 is 2.48 bits per heavy atom. The van der Waals surface area contributed by atoms with Crippen molar-refractivity contribution in [2.45, 2.75) is 25.4 Å². The average molecular weight is 371 g/mol. The Balaban J connectivity index is 1.67. The normalized spacial score (nSPS) is 12.4. The quantitative estimate of drug-likeness (QED) is 0.373. The van der Waals surface area contributed by atoms with Crippen molar-refractivity contribution in [1.82, 2.24) is 0 Å². The predicted octanol–water partition coefficient (Wildman–Crippen LogP) is 6.27. The van der Waals surface area contributed by atoms with Crippen LogP contribution in [0.2, 0.25) is 0 Å². The van der Waals surface area contributed by atoms with Crippen molar-refractivity contribution in [3.8, 4) is 0 Å². The van der Waals surface area contributed by atoms with Gasteiger partial charge >= 0.3 is 0 Å². The lowest BCUT2D eigenvalue weighted by Gasteiger charge is -2.08. The molecule has 0 aromatic heterocycles. The minimum atomic E-state index is 0.272. The molecule has 0 saturated carbocycles. The summed E-state index contributed by atoms with van der Waals surface area (Å²) in [6, 6.07) is 18.7. The fourth-order valence-corrected chi connectivity index (χ4v) is 2.59. The summed E-state index contributed by atoms with van der Waals surface area (Å²) in [7, 11) is 0. The highest BCUT2D eigenvalue weighted by Crippen LogP contribution is 2.21. The first kappa shape index (κ1) is 17.7. The van der Waals surface area contributed by atoms with Crippen LogP contribution < -0.4 is 0 Å². The highest BCUT2D eigenvalue weighted by atomic mass is 79.9. The van der Waals surface area contributed by atoms with E-state index in [0.717, 1.165) is 23.9 Å². The summed E-state index contributed by atoms with van der Waals surface area (Å²) in [5, 5.41) is 0. The van der Waals surface area contributed by atoms with E-state index in [1.807, 2.05) is 24.3 Å². The second kappa shape index (κ2) is 10.2. The van der Waals surface area contributed by atoms with Gasteiger partial charge in [-0.25, -0.2) is 0 Å². The first-order valence-corrected chi connectivity index (χ1v) is 8.75. The van der Waals surface area contributed by atoms with Crippen LogP contribution in [-0.4, -0.2) is 6.61 Å². The Morgan fingerprint density at radius 2 is 1.78 bits per heavy atom. The van der Waals surface area contributed by atoms with Crippen LogP contribution >= 0.6 is 15.9 Å².